The second-order valence-corrected chi connectivity index (χ2v) is 8.99. The number of nitrogens with zero attached hydrogens (tertiary/aromatic N) is 2. The second kappa shape index (κ2) is 6.93. The Kier molecular flexibility index (Phi) is 5.08. The number of sulfone groups is 1. The van der Waals surface area contributed by atoms with Crippen LogP contribution in [0.25, 0.3) is 0 Å². The minimum Gasteiger partial charge on any atom is -0.383 e. The average Bonchev–Trinajstić information content (AvgIpc) is 3.04. The Hall–Kier alpha value is -1.25. The quantitative estimate of drug-likeness (QED) is 0.493. The molecule has 134 valence electrons. The maximum atomic E-state index is 12.6. The van der Waals surface area contributed by atoms with Gasteiger partial charge in [0.1, 0.15) is 0 Å². The van der Waals surface area contributed by atoms with Gasteiger partial charge in [-0.15, -0.1) is 0 Å². The Bertz CT molecular complexity index is 619. The van der Waals surface area contributed by atoms with Crippen LogP contribution in [0.4, 0.5) is 0 Å². The largest absolute Gasteiger partial charge is 0.383 e. The molecule has 0 radical (unpaired) electrons. The van der Waals surface area contributed by atoms with Crippen molar-refractivity contribution < 1.29 is 22.7 Å². The maximum absolute atomic E-state index is 12.6. The summed E-state index contributed by atoms with van der Waals surface area (Å²) in [5.74, 6) is -0.507. The number of likely N-dealkylation sites (tertiary alicyclic amines) is 1. The van der Waals surface area contributed by atoms with E-state index < -0.39 is 9.84 Å². The number of carbonyl (C=O) groups excluding carboxylic acids is 2. The molecule has 0 bridgehead atoms. The topological polar surface area (TPSA) is 84.0 Å². The Morgan fingerprint density at radius 1 is 1.21 bits per heavy atom. The Balaban J connectivity index is 1.73. The number of rotatable bonds is 6. The van der Waals surface area contributed by atoms with Gasteiger partial charge in [0.2, 0.25) is 11.8 Å². The molecule has 3 rings (SSSR count). The van der Waals surface area contributed by atoms with Crippen molar-refractivity contribution in [3.05, 3.63) is 12.2 Å². The van der Waals surface area contributed by atoms with Crippen molar-refractivity contribution in [3.8, 4) is 0 Å². The first kappa shape index (κ1) is 17.6. The lowest BCUT2D eigenvalue weighted by Crippen LogP contribution is -2.48. The van der Waals surface area contributed by atoms with E-state index in [-0.39, 0.29) is 47.9 Å². The summed E-state index contributed by atoms with van der Waals surface area (Å²) in [4.78, 5) is 28.4. The molecule has 2 amide bonds. The average molecular weight is 356 g/mol. The standard InChI is InChI=1S/C16H24N2O5S/c1-23-8-7-17(12-6-9-24(21,22)10-12)11-18-15(19)13-4-2-3-5-14(13)16(18)20/h2-3,12-14H,4-11H2,1H3/t12-,13+,14+/m1/s1. The van der Waals surface area contributed by atoms with E-state index in [4.69, 9.17) is 4.74 Å². The first-order valence-electron chi connectivity index (χ1n) is 8.36. The summed E-state index contributed by atoms with van der Waals surface area (Å²) in [7, 11) is -1.45. The lowest BCUT2D eigenvalue weighted by molar-refractivity contribution is -0.143. The number of fused-ring (bicyclic) bond motifs is 1. The fraction of sp³-hybridized carbons (Fsp3) is 0.750. The van der Waals surface area contributed by atoms with E-state index in [1.54, 1.807) is 7.11 Å². The fourth-order valence-electron chi connectivity index (χ4n) is 3.83. The van der Waals surface area contributed by atoms with Gasteiger partial charge >= 0.3 is 0 Å². The fourth-order valence-corrected chi connectivity index (χ4v) is 5.59. The summed E-state index contributed by atoms with van der Waals surface area (Å²) >= 11 is 0. The molecule has 0 spiro atoms. The van der Waals surface area contributed by atoms with E-state index in [2.05, 4.69) is 0 Å². The first-order chi connectivity index (χ1) is 11.4. The van der Waals surface area contributed by atoms with Crippen LogP contribution in [-0.4, -0.2) is 74.5 Å². The van der Waals surface area contributed by atoms with Gasteiger partial charge in [0.05, 0.1) is 36.6 Å². The van der Waals surface area contributed by atoms with E-state index in [0.717, 1.165) is 0 Å². The van der Waals surface area contributed by atoms with Crippen LogP contribution in [0.3, 0.4) is 0 Å². The summed E-state index contributed by atoms with van der Waals surface area (Å²) in [5, 5.41) is 0. The number of hydrogen-bond donors (Lipinski definition) is 0. The minimum atomic E-state index is -3.03. The molecule has 2 fully saturated rings. The van der Waals surface area contributed by atoms with Crippen molar-refractivity contribution in [2.75, 3.05) is 38.4 Å². The smallest absolute Gasteiger partial charge is 0.234 e. The van der Waals surface area contributed by atoms with E-state index in [9.17, 15) is 18.0 Å². The number of amides is 2. The number of imide groups is 1. The maximum Gasteiger partial charge on any atom is 0.234 e. The van der Waals surface area contributed by atoms with Crippen molar-refractivity contribution >= 4 is 21.7 Å². The van der Waals surface area contributed by atoms with Crippen molar-refractivity contribution in [1.29, 1.82) is 0 Å². The normalized spacial score (nSPS) is 31.9. The minimum absolute atomic E-state index is 0.0847. The third kappa shape index (κ3) is 3.41. The van der Waals surface area contributed by atoms with E-state index in [0.29, 0.717) is 32.4 Å². The molecule has 2 saturated heterocycles. The van der Waals surface area contributed by atoms with Crippen LogP contribution in [-0.2, 0) is 24.2 Å². The molecule has 0 aromatic rings. The molecular formula is C16H24N2O5S. The number of hydrogen-bond acceptors (Lipinski definition) is 6. The zero-order valence-electron chi connectivity index (χ0n) is 13.9. The van der Waals surface area contributed by atoms with Crippen LogP contribution in [0.2, 0.25) is 0 Å². The Morgan fingerprint density at radius 3 is 2.33 bits per heavy atom. The zero-order chi connectivity index (χ0) is 17.3. The zero-order valence-corrected chi connectivity index (χ0v) is 14.7. The summed E-state index contributed by atoms with van der Waals surface area (Å²) in [6.45, 7) is 1.09. The highest BCUT2D eigenvalue weighted by Gasteiger charge is 2.48. The summed E-state index contributed by atoms with van der Waals surface area (Å²) in [5.41, 5.74) is 0. The van der Waals surface area contributed by atoms with Gasteiger partial charge in [-0.1, -0.05) is 12.2 Å². The van der Waals surface area contributed by atoms with Gasteiger partial charge in [-0.2, -0.15) is 0 Å². The number of carbonyl (C=O) groups is 2. The molecule has 0 unspecified atom stereocenters. The van der Waals surface area contributed by atoms with E-state index >= 15 is 0 Å². The van der Waals surface area contributed by atoms with E-state index in [1.807, 2.05) is 17.1 Å². The molecule has 0 aromatic heterocycles. The third-order valence-corrected chi connectivity index (χ3v) is 6.98. The van der Waals surface area contributed by atoms with Crippen molar-refractivity contribution in [2.24, 2.45) is 11.8 Å². The first-order valence-corrected chi connectivity index (χ1v) is 10.2. The van der Waals surface area contributed by atoms with Crippen LogP contribution in [0, 0.1) is 11.8 Å². The van der Waals surface area contributed by atoms with Crippen LogP contribution in [0.1, 0.15) is 19.3 Å². The van der Waals surface area contributed by atoms with Gasteiger partial charge in [0.15, 0.2) is 9.84 Å². The lowest BCUT2D eigenvalue weighted by Gasteiger charge is -2.31. The van der Waals surface area contributed by atoms with Crippen LogP contribution >= 0.6 is 0 Å². The van der Waals surface area contributed by atoms with Crippen molar-refractivity contribution in [2.45, 2.75) is 25.3 Å². The molecule has 3 aliphatic rings. The molecule has 2 aliphatic heterocycles. The highest BCUT2D eigenvalue weighted by molar-refractivity contribution is 7.91. The molecule has 2 heterocycles. The van der Waals surface area contributed by atoms with Gasteiger partial charge in [-0.25, -0.2) is 8.42 Å². The molecule has 0 N–H and O–H groups in total. The summed E-state index contributed by atoms with van der Waals surface area (Å²) < 4.78 is 28.7. The van der Waals surface area contributed by atoms with Gasteiger partial charge in [0.25, 0.3) is 0 Å². The third-order valence-electron chi connectivity index (χ3n) is 5.23. The molecule has 1 aliphatic carbocycles. The Morgan fingerprint density at radius 2 is 1.83 bits per heavy atom. The molecule has 0 aromatic carbocycles. The molecule has 3 atom stereocenters. The van der Waals surface area contributed by atoms with Gasteiger partial charge in [-0.05, 0) is 19.3 Å². The number of ether oxygens (including phenoxy) is 1. The number of methoxy groups -OCH3 is 1. The summed E-state index contributed by atoms with van der Waals surface area (Å²) in [6.07, 6.45) is 5.68. The molecule has 7 nitrogen and oxygen atoms in total. The monoisotopic (exact) mass is 356 g/mol. The lowest BCUT2D eigenvalue weighted by atomic mass is 9.85. The van der Waals surface area contributed by atoms with Gasteiger partial charge < -0.3 is 4.74 Å². The van der Waals surface area contributed by atoms with Gasteiger partial charge in [-0.3, -0.25) is 19.4 Å². The van der Waals surface area contributed by atoms with Crippen LogP contribution in [0.15, 0.2) is 12.2 Å². The number of allylic oxidation sites excluding steroid dienone is 2. The second-order valence-electron chi connectivity index (χ2n) is 6.76. The van der Waals surface area contributed by atoms with Gasteiger partial charge in [0, 0.05) is 19.7 Å². The summed E-state index contributed by atoms with van der Waals surface area (Å²) in [6, 6.07) is -0.161. The van der Waals surface area contributed by atoms with Crippen molar-refractivity contribution in [3.63, 3.8) is 0 Å². The van der Waals surface area contributed by atoms with Crippen LogP contribution in [0.5, 0.6) is 0 Å². The Labute approximate surface area is 142 Å². The highest BCUT2D eigenvalue weighted by atomic mass is 32.2. The predicted octanol–water partition coefficient (Wildman–Crippen LogP) is 0.0306. The predicted molar refractivity (Wildman–Crippen MR) is 87.7 cm³/mol. The highest BCUT2D eigenvalue weighted by Crippen LogP contribution is 2.35. The molecule has 8 heteroatoms. The SMILES string of the molecule is COCCN(CN1C(=O)[C@H]2CC=CC[C@@H]2C1=O)[C@@H]1CCS(=O)(=O)C1. The van der Waals surface area contributed by atoms with Crippen LogP contribution < -0.4 is 0 Å². The molecule has 0 saturated carbocycles. The molecule has 24 heavy (non-hydrogen) atoms. The van der Waals surface area contributed by atoms with Crippen molar-refractivity contribution in [1.82, 2.24) is 9.80 Å². The van der Waals surface area contributed by atoms with E-state index in [1.165, 1.54) is 4.90 Å². The molecular weight excluding hydrogens is 332 g/mol.